The van der Waals surface area contributed by atoms with Crippen molar-refractivity contribution in [3.05, 3.63) is 11.2 Å². The van der Waals surface area contributed by atoms with Gasteiger partial charge in [0.15, 0.2) is 0 Å². The maximum Gasteiger partial charge on any atom is 0.0841 e. The second-order valence-corrected chi connectivity index (χ2v) is 1.90. The lowest BCUT2D eigenvalue weighted by Gasteiger charge is -1.87. The predicted octanol–water partition coefficient (Wildman–Crippen LogP) is 1.45. The quantitative estimate of drug-likeness (QED) is 0.513. The summed E-state index contributed by atoms with van der Waals surface area (Å²) >= 11 is 5.61. The smallest absolute Gasteiger partial charge is 0.0841 e. The third-order valence-electron chi connectivity index (χ3n) is 0.960. The molecule has 0 fully saturated rings. The SMILES string of the molecule is CCC1=N[N]C=C1Cl. The lowest BCUT2D eigenvalue weighted by molar-refractivity contribution is 0.964. The molecule has 1 radical (unpaired) electrons. The van der Waals surface area contributed by atoms with E-state index in [0.717, 1.165) is 12.1 Å². The van der Waals surface area contributed by atoms with Gasteiger partial charge in [0.2, 0.25) is 0 Å². The van der Waals surface area contributed by atoms with Gasteiger partial charge in [-0.25, -0.2) is 0 Å². The van der Waals surface area contributed by atoms with Crippen molar-refractivity contribution in [2.75, 3.05) is 0 Å². The summed E-state index contributed by atoms with van der Waals surface area (Å²) in [5.74, 6) is 0. The Morgan fingerprint density at radius 2 is 2.50 bits per heavy atom. The first-order valence-electron chi connectivity index (χ1n) is 2.47. The zero-order valence-electron chi connectivity index (χ0n) is 4.56. The van der Waals surface area contributed by atoms with Gasteiger partial charge < -0.3 is 0 Å². The third kappa shape index (κ3) is 0.842. The van der Waals surface area contributed by atoms with Crippen molar-refractivity contribution in [3.63, 3.8) is 0 Å². The summed E-state index contributed by atoms with van der Waals surface area (Å²) in [5, 5.41) is 4.43. The van der Waals surface area contributed by atoms with E-state index in [9.17, 15) is 0 Å². The van der Waals surface area contributed by atoms with Crippen LogP contribution in [0.4, 0.5) is 0 Å². The summed E-state index contributed by atoms with van der Waals surface area (Å²) in [6.45, 7) is 2.00. The summed E-state index contributed by atoms with van der Waals surface area (Å²) < 4.78 is 0. The van der Waals surface area contributed by atoms with E-state index in [-0.39, 0.29) is 0 Å². The highest BCUT2D eigenvalue weighted by Crippen LogP contribution is 2.10. The molecule has 0 unspecified atom stereocenters. The van der Waals surface area contributed by atoms with E-state index in [1.165, 1.54) is 0 Å². The van der Waals surface area contributed by atoms with E-state index in [1.54, 1.807) is 6.20 Å². The van der Waals surface area contributed by atoms with E-state index in [4.69, 9.17) is 11.6 Å². The van der Waals surface area contributed by atoms with Gasteiger partial charge in [0.05, 0.1) is 16.9 Å². The maximum atomic E-state index is 5.61. The Kier molecular flexibility index (Phi) is 1.53. The monoisotopic (exact) mass is 129 g/mol. The molecule has 0 spiro atoms. The standard InChI is InChI=1S/C5H6ClN2/c1-2-5-4(6)3-7-8-5/h3H,2H2,1H3. The van der Waals surface area contributed by atoms with Crippen LogP contribution < -0.4 is 5.43 Å². The zero-order valence-corrected chi connectivity index (χ0v) is 5.31. The Hall–Kier alpha value is -0.500. The van der Waals surface area contributed by atoms with Crippen LogP contribution in [0.3, 0.4) is 0 Å². The largest absolute Gasteiger partial charge is 0.157 e. The van der Waals surface area contributed by atoms with Crippen LogP contribution in [0.2, 0.25) is 0 Å². The fraction of sp³-hybridized carbons (Fsp3) is 0.400. The first-order chi connectivity index (χ1) is 3.84. The highest BCUT2D eigenvalue weighted by atomic mass is 35.5. The van der Waals surface area contributed by atoms with Gasteiger partial charge in [0.25, 0.3) is 0 Å². The minimum Gasteiger partial charge on any atom is -0.157 e. The molecule has 0 N–H and O–H groups in total. The summed E-state index contributed by atoms with van der Waals surface area (Å²) in [5.41, 5.74) is 4.49. The Labute approximate surface area is 53.2 Å². The van der Waals surface area contributed by atoms with Crippen LogP contribution in [0, 0.1) is 0 Å². The number of rotatable bonds is 1. The van der Waals surface area contributed by atoms with E-state index >= 15 is 0 Å². The predicted molar refractivity (Wildman–Crippen MR) is 33.8 cm³/mol. The van der Waals surface area contributed by atoms with Crippen molar-refractivity contribution < 1.29 is 0 Å². The van der Waals surface area contributed by atoms with Crippen LogP contribution in [0.1, 0.15) is 13.3 Å². The molecular formula is C5H6ClN2. The van der Waals surface area contributed by atoms with E-state index < -0.39 is 0 Å². The minimum absolute atomic E-state index is 0.674. The molecule has 3 heteroatoms. The number of allylic oxidation sites excluding steroid dienone is 1. The van der Waals surface area contributed by atoms with Gasteiger partial charge in [0.1, 0.15) is 0 Å². The van der Waals surface area contributed by atoms with E-state index in [2.05, 4.69) is 10.5 Å². The molecule has 0 bridgehead atoms. The van der Waals surface area contributed by atoms with Gasteiger partial charge in [-0.15, -0.1) is 0 Å². The maximum absolute atomic E-state index is 5.61. The lowest BCUT2D eigenvalue weighted by Crippen LogP contribution is -1.89. The van der Waals surface area contributed by atoms with Crippen LogP contribution in [0.25, 0.3) is 0 Å². The number of halogens is 1. The Balaban J connectivity index is 2.66. The molecular weight excluding hydrogens is 124 g/mol. The van der Waals surface area contributed by atoms with Gasteiger partial charge in [-0.2, -0.15) is 10.5 Å². The molecule has 0 saturated heterocycles. The number of hydrogen-bond donors (Lipinski definition) is 0. The second kappa shape index (κ2) is 2.18. The summed E-state index contributed by atoms with van der Waals surface area (Å²) in [4.78, 5) is 0. The van der Waals surface area contributed by atoms with Crippen molar-refractivity contribution in [2.24, 2.45) is 5.10 Å². The molecule has 0 saturated carbocycles. The average Bonchev–Trinajstić information content (AvgIpc) is 2.14. The number of hydrogen-bond acceptors (Lipinski definition) is 1. The molecule has 0 amide bonds. The molecule has 43 valence electrons. The summed E-state index contributed by atoms with van der Waals surface area (Å²) in [6.07, 6.45) is 2.42. The van der Waals surface area contributed by atoms with E-state index in [1.807, 2.05) is 6.92 Å². The minimum atomic E-state index is 0.674. The average molecular weight is 130 g/mol. The molecule has 8 heavy (non-hydrogen) atoms. The van der Waals surface area contributed by atoms with Crippen LogP contribution in [0.15, 0.2) is 16.3 Å². The molecule has 1 heterocycles. The van der Waals surface area contributed by atoms with Crippen molar-refractivity contribution in [3.8, 4) is 0 Å². The molecule has 0 aromatic rings. The first kappa shape index (κ1) is 5.63. The molecule has 0 aromatic carbocycles. The summed E-state index contributed by atoms with van der Waals surface area (Å²) in [7, 11) is 0. The molecule has 2 nitrogen and oxygen atoms in total. The van der Waals surface area contributed by atoms with Crippen molar-refractivity contribution >= 4 is 17.3 Å². The molecule has 1 aliphatic heterocycles. The normalized spacial score (nSPS) is 17.2. The lowest BCUT2D eigenvalue weighted by atomic mass is 10.3. The van der Waals surface area contributed by atoms with Gasteiger partial charge >= 0.3 is 0 Å². The second-order valence-electron chi connectivity index (χ2n) is 1.49. The molecule has 1 rings (SSSR count). The molecule has 0 atom stereocenters. The topological polar surface area (TPSA) is 26.5 Å². The van der Waals surface area contributed by atoms with Crippen molar-refractivity contribution in [1.29, 1.82) is 0 Å². The molecule has 1 aliphatic rings. The number of nitrogens with zero attached hydrogens (tertiary/aromatic N) is 2. The summed E-state index contributed by atoms with van der Waals surface area (Å²) in [6, 6.07) is 0. The van der Waals surface area contributed by atoms with Crippen LogP contribution in [-0.2, 0) is 0 Å². The Morgan fingerprint density at radius 3 is 2.75 bits per heavy atom. The fourth-order valence-electron chi connectivity index (χ4n) is 0.511. The van der Waals surface area contributed by atoms with Crippen LogP contribution in [-0.4, -0.2) is 5.71 Å². The molecule has 0 aromatic heterocycles. The fourth-order valence-corrected chi connectivity index (χ4v) is 0.726. The van der Waals surface area contributed by atoms with Gasteiger partial charge in [-0.1, -0.05) is 18.5 Å². The van der Waals surface area contributed by atoms with E-state index in [0.29, 0.717) is 5.03 Å². The molecule has 0 aliphatic carbocycles. The van der Waals surface area contributed by atoms with Crippen LogP contribution >= 0.6 is 11.6 Å². The highest BCUT2D eigenvalue weighted by molar-refractivity contribution is 6.43. The third-order valence-corrected chi connectivity index (χ3v) is 1.28. The first-order valence-corrected chi connectivity index (χ1v) is 2.85. The Bertz CT molecular complexity index is 149. The van der Waals surface area contributed by atoms with Crippen molar-refractivity contribution in [1.82, 2.24) is 5.43 Å². The van der Waals surface area contributed by atoms with Gasteiger partial charge in [-0.05, 0) is 6.42 Å². The Morgan fingerprint density at radius 1 is 1.75 bits per heavy atom. The van der Waals surface area contributed by atoms with Gasteiger partial charge in [0, 0.05) is 0 Å². The van der Waals surface area contributed by atoms with Crippen LogP contribution in [0.5, 0.6) is 0 Å². The van der Waals surface area contributed by atoms with Gasteiger partial charge in [-0.3, -0.25) is 0 Å². The van der Waals surface area contributed by atoms with Crippen molar-refractivity contribution in [2.45, 2.75) is 13.3 Å². The zero-order chi connectivity index (χ0) is 5.98. The highest BCUT2D eigenvalue weighted by Gasteiger charge is 2.06.